The van der Waals surface area contributed by atoms with Crippen LogP contribution < -0.4 is 5.73 Å². The first kappa shape index (κ1) is 23.4. The third kappa shape index (κ3) is 4.53. The summed E-state index contributed by atoms with van der Waals surface area (Å²) in [5.41, 5.74) is 5.58. The van der Waals surface area contributed by atoms with Gasteiger partial charge in [0.15, 0.2) is 0 Å². The number of nitrogens with two attached hydrogens (primary N) is 1. The van der Waals surface area contributed by atoms with E-state index >= 15 is 0 Å². The van der Waals surface area contributed by atoms with Crippen molar-refractivity contribution >= 4 is 23.7 Å². The maximum Gasteiger partial charge on any atom is 0.326 e. The van der Waals surface area contributed by atoms with Crippen LogP contribution in [0, 0.1) is 29.4 Å². The number of esters is 2. The highest BCUT2D eigenvalue weighted by molar-refractivity contribution is 7.99. The minimum Gasteiger partial charge on any atom is -0.460 e. The highest BCUT2D eigenvalue weighted by Gasteiger charge is 2.74. The number of carbonyl (C=O) groups is 2. The van der Waals surface area contributed by atoms with Crippen LogP contribution in [-0.2, 0) is 32.3 Å². The molecule has 0 amide bonds. The van der Waals surface area contributed by atoms with E-state index in [9.17, 15) is 18.4 Å². The molecular formula is C24H22F2N4O4S. The van der Waals surface area contributed by atoms with Gasteiger partial charge in [0.1, 0.15) is 36.7 Å². The van der Waals surface area contributed by atoms with Gasteiger partial charge in [0.2, 0.25) is 5.16 Å². The molecule has 1 heterocycles. The Bertz CT molecular complexity index is 1240. The first-order valence-electron chi connectivity index (χ1n) is 11.0. The predicted molar refractivity (Wildman–Crippen MR) is 120 cm³/mol. The molecule has 5 rings (SSSR count). The number of carbonyl (C=O) groups excluding carboxylic acids is 2. The van der Waals surface area contributed by atoms with Crippen molar-refractivity contribution in [1.82, 2.24) is 15.2 Å². The first-order valence-corrected chi connectivity index (χ1v) is 11.9. The lowest BCUT2D eigenvalue weighted by molar-refractivity contribution is -0.153. The highest BCUT2D eigenvalue weighted by atomic mass is 32.2. The number of H-pyrrole nitrogens is 1. The summed E-state index contributed by atoms with van der Waals surface area (Å²) in [7, 11) is 0. The number of aromatic amines is 1. The van der Waals surface area contributed by atoms with E-state index in [-0.39, 0.29) is 41.9 Å². The van der Waals surface area contributed by atoms with Crippen LogP contribution in [0.3, 0.4) is 0 Å². The molecule has 0 radical (unpaired) electrons. The molecule has 11 heteroatoms. The second kappa shape index (κ2) is 9.38. The summed E-state index contributed by atoms with van der Waals surface area (Å²) < 4.78 is 38.7. The zero-order valence-electron chi connectivity index (χ0n) is 18.4. The molecule has 1 aromatic heterocycles. The number of halogens is 2. The molecule has 2 aromatic carbocycles. The van der Waals surface area contributed by atoms with Crippen LogP contribution in [0.25, 0.3) is 0 Å². The molecule has 182 valence electrons. The molecule has 2 aliphatic rings. The van der Waals surface area contributed by atoms with Gasteiger partial charge >= 0.3 is 11.9 Å². The Morgan fingerprint density at radius 3 is 2.29 bits per heavy atom. The number of fused-ring (bicyclic) bond motifs is 1. The summed E-state index contributed by atoms with van der Waals surface area (Å²) >= 11 is 1.31. The molecule has 0 bridgehead atoms. The van der Waals surface area contributed by atoms with Crippen molar-refractivity contribution in [2.75, 3.05) is 0 Å². The van der Waals surface area contributed by atoms with Crippen LogP contribution in [0.4, 0.5) is 8.78 Å². The molecule has 2 aliphatic carbocycles. The zero-order valence-corrected chi connectivity index (χ0v) is 19.2. The third-order valence-corrected chi connectivity index (χ3v) is 7.78. The highest BCUT2D eigenvalue weighted by Crippen LogP contribution is 2.65. The largest absolute Gasteiger partial charge is 0.460 e. The third-order valence-electron chi connectivity index (χ3n) is 6.58. The van der Waals surface area contributed by atoms with Gasteiger partial charge in [0, 0.05) is 22.3 Å². The van der Waals surface area contributed by atoms with Crippen molar-refractivity contribution in [2.45, 2.75) is 35.6 Å². The molecule has 8 nitrogen and oxygen atoms in total. The van der Waals surface area contributed by atoms with Gasteiger partial charge in [-0.3, -0.25) is 14.7 Å². The Labute approximate surface area is 203 Å². The van der Waals surface area contributed by atoms with Gasteiger partial charge in [-0.1, -0.05) is 48.2 Å². The van der Waals surface area contributed by atoms with E-state index in [1.54, 1.807) is 24.3 Å². The number of ether oxygens (including phenoxy) is 2. The molecule has 3 N–H and O–H groups in total. The van der Waals surface area contributed by atoms with Crippen molar-refractivity contribution in [3.8, 4) is 0 Å². The van der Waals surface area contributed by atoms with E-state index in [0.29, 0.717) is 5.16 Å². The number of aromatic nitrogens is 3. The van der Waals surface area contributed by atoms with E-state index in [1.807, 2.05) is 0 Å². The quantitative estimate of drug-likeness (QED) is 0.453. The Balaban J connectivity index is 1.31. The molecule has 35 heavy (non-hydrogen) atoms. The number of benzene rings is 2. The predicted octanol–water partition coefficient (Wildman–Crippen LogP) is 2.99. The lowest BCUT2D eigenvalue weighted by atomic mass is 9.91. The van der Waals surface area contributed by atoms with Gasteiger partial charge < -0.3 is 15.2 Å². The molecule has 3 aromatic rings. The maximum absolute atomic E-state index is 14.0. The van der Waals surface area contributed by atoms with E-state index in [1.165, 1.54) is 42.4 Å². The Kier molecular flexibility index (Phi) is 6.28. The summed E-state index contributed by atoms with van der Waals surface area (Å²) in [6.45, 7) is -0.502. The number of hydrogen-bond acceptors (Lipinski definition) is 8. The number of thioether (sulfide) groups is 1. The summed E-state index contributed by atoms with van der Waals surface area (Å²) in [5.74, 6) is -3.68. The second-order valence-electron chi connectivity index (χ2n) is 8.68. The smallest absolute Gasteiger partial charge is 0.326 e. The Morgan fingerprint density at radius 2 is 1.69 bits per heavy atom. The first-order chi connectivity index (χ1) is 16.9. The van der Waals surface area contributed by atoms with Gasteiger partial charge in [-0.2, -0.15) is 0 Å². The van der Waals surface area contributed by atoms with Crippen LogP contribution in [0.2, 0.25) is 0 Å². The molecule has 0 saturated heterocycles. The van der Waals surface area contributed by atoms with Crippen molar-refractivity contribution < 1.29 is 27.8 Å². The fraction of sp³-hybridized carbons (Fsp3) is 0.333. The van der Waals surface area contributed by atoms with E-state index in [2.05, 4.69) is 15.2 Å². The van der Waals surface area contributed by atoms with Gasteiger partial charge in [-0.05, 0) is 24.5 Å². The Morgan fingerprint density at radius 1 is 1.06 bits per heavy atom. The number of rotatable bonds is 8. The summed E-state index contributed by atoms with van der Waals surface area (Å²) in [6.07, 6.45) is 1.66. The van der Waals surface area contributed by atoms with Gasteiger partial charge in [0.25, 0.3) is 0 Å². The molecule has 0 aliphatic heterocycles. The fourth-order valence-corrected chi connectivity index (χ4v) is 6.20. The molecule has 5 atom stereocenters. The number of nitrogens with zero attached hydrogens (tertiary/aromatic N) is 2. The monoisotopic (exact) mass is 500 g/mol. The lowest BCUT2D eigenvalue weighted by Crippen LogP contribution is -2.51. The molecule has 0 spiro atoms. The minimum absolute atomic E-state index is 0.224. The van der Waals surface area contributed by atoms with Crippen LogP contribution in [-0.4, -0.2) is 37.9 Å². The van der Waals surface area contributed by atoms with Crippen molar-refractivity contribution in [3.05, 3.63) is 77.6 Å². The lowest BCUT2D eigenvalue weighted by Gasteiger charge is -2.27. The number of hydrogen-bond donors (Lipinski definition) is 2. The van der Waals surface area contributed by atoms with Gasteiger partial charge in [-0.25, -0.2) is 13.8 Å². The molecule has 2 fully saturated rings. The van der Waals surface area contributed by atoms with Crippen molar-refractivity contribution in [1.29, 1.82) is 0 Å². The van der Waals surface area contributed by atoms with E-state index in [0.717, 1.165) is 0 Å². The molecular weight excluding hydrogens is 478 g/mol. The van der Waals surface area contributed by atoms with Gasteiger partial charge in [-0.15, -0.1) is 5.10 Å². The normalized spacial score (nSPS) is 26.7. The molecule has 0 unspecified atom stereocenters. The maximum atomic E-state index is 14.0. The summed E-state index contributed by atoms with van der Waals surface area (Å²) in [5, 5.41) is 6.89. The minimum atomic E-state index is -1.47. The average Bonchev–Trinajstić information content (AvgIpc) is 3.27. The number of nitrogens with one attached hydrogen (secondary N) is 1. The fourth-order valence-electron chi connectivity index (χ4n) is 4.85. The van der Waals surface area contributed by atoms with Crippen LogP contribution in [0.1, 0.15) is 17.5 Å². The topological polar surface area (TPSA) is 120 Å². The van der Waals surface area contributed by atoms with Crippen LogP contribution in [0.15, 0.2) is 60.0 Å². The van der Waals surface area contributed by atoms with Crippen molar-refractivity contribution in [3.63, 3.8) is 0 Å². The van der Waals surface area contributed by atoms with Gasteiger partial charge in [0.05, 0.1) is 5.92 Å². The zero-order chi connectivity index (χ0) is 24.6. The van der Waals surface area contributed by atoms with Crippen LogP contribution >= 0.6 is 11.8 Å². The van der Waals surface area contributed by atoms with Crippen LogP contribution in [0.5, 0.6) is 0 Å². The van der Waals surface area contributed by atoms with Crippen molar-refractivity contribution in [2.24, 2.45) is 23.5 Å². The summed E-state index contributed by atoms with van der Waals surface area (Å²) in [6, 6.07) is 12.0. The molecule has 2 saturated carbocycles. The van der Waals surface area contributed by atoms with E-state index in [4.69, 9.17) is 15.2 Å². The summed E-state index contributed by atoms with van der Waals surface area (Å²) in [4.78, 5) is 30.2. The average molecular weight is 501 g/mol. The van der Waals surface area contributed by atoms with E-state index < -0.39 is 40.9 Å². The Hall–Kier alpha value is -3.31. The second-order valence-corrected chi connectivity index (χ2v) is 9.88. The standard InChI is InChI=1S/C24H22F2N4O4S/c25-15-7-3-1-5-13(15)10-33-21(31)19-18-17(35-23-28-12-29-30-23)9-24(27,20(18)19)22(32)34-11-14-6-2-4-8-16(14)26/h1-8,12,17-20H,9-11,27H2,(H,28,29,30)/t17-,18-,19-,20-,24-/m0/s1. The SMILES string of the molecule is N[C@@]1(C(=O)OCc2ccccc2F)C[C@H](Sc2nc[nH]n2)[C@H]2[C@H](C(=O)OCc3ccccc3F)[C@H]21.